The Morgan fingerprint density at radius 1 is 1.29 bits per heavy atom. The molecular weight excluding hydrogens is 486 g/mol. The number of carbonyl (C=O) groups excluding carboxylic acids is 2. The lowest BCUT2D eigenvalue weighted by Gasteiger charge is -2.36. The van der Waals surface area contributed by atoms with Gasteiger partial charge in [-0.15, -0.1) is 11.3 Å². The summed E-state index contributed by atoms with van der Waals surface area (Å²) in [6.07, 6.45) is 6.42. The van der Waals surface area contributed by atoms with E-state index in [1.54, 1.807) is 23.0 Å². The fourth-order valence-electron chi connectivity index (χ4n) is 4.52. The van der Waals surface area contributed by atoms with E-state index in [1.807, 2.05) is 26.0 Å². The highest BCUT2D eigenvalue weighted by Gasteiger charge is 2.35. The van der Waals surface area contributed by atoms with E-state index in [0.29, 0.717) is 33.2 Å². The smallest absolute Gasteiger partial charge is 0.264 e. The maximum absolute atomic E-state index is 12.9. The van der Waals surface area contributed by atoms with Gasteiger partial charge >= 0.3 is 0 Å². The van der Waals surface area contributed by atoms with Crippen molar-refractivity contribution in [1.82, 2.24) is 20.1 Å². The number of nitrogens with one attached hydrogen (secondary N) is 1. The third-order valence-electron chi connectivity index (χ3n) is 6.62. The second-order valence-electron chi connectivity index (χ2n) is 9.54. The van der Waals surface area contributed by atoms with Gasteiger partial charge in [0.2, 0.25) is 5.88 Å². The Balaban J connectivity index is 1.12. The molecule has 0 saturated heterocycles. The Kier molecular flexibility index (Phi) is 6.55. The molecule has 0 bridgehead atoms. The lowest BCUT2D eigenvalue weighted by Crippen LogP contribution is -2.40. The number of aromatic nitrogens is 3. The van der Waals surface area contributed by atoms with Crippen LogP contribution >= 0.6 is 22.9 Å². The lowest BCUT2D eigenvalue weighted by molar-refractivity contribution is 0.0513. The van der Waals surface area contributed by atoms with E-state index in [2.05, 4.69) is 15.4 Å². The van der Waals surface area contributed by atoms with Crippen LogP contribution in [0.3, 0.4) is 0 Å². The Morgan fingerprint density at radius 3 is 2.66 bits per heavy atom. The Morgan fingerprint density at radius 2 is 2.00 bits per heavy atom. The van der Waals surface area contributed by atoms with Crippen molar-refractivity contribution in [2.24, 2.45) is 11.7 Å². The zero-order valence-corrected chi connectivity index (χ0v) is 21.2. The number of carbonyl (C=O) groups is 2. The van der Waals surface area contributed by atoms with E-state index in [9.17, 15) is 9.59 Å². The van der Waals surface area contributed by atoms with Crippen LogP contribution in [0.4, 0.5) is 0 Å². The van der Waals surface area contributed by atoms with Crippen LogP contribution in [0.15, 0.2) is 30.5 Å². The highest BCUT2D eigenvalue weighted by molar-refractivity contribution is 7.14. The van der Waals surface area contributed by atoms with Gasteiger partial charge in [0.25, 0.3) is 11.8 Å². The molecule has 2 aliphatic rings. The predicted molar refractivity (Wildman–Crippen MR) is 135 cm³/mol. The highest BCUT2D eigenvalue weighted by atomic mass is 35.5. The van der Waals surface area contributed by atoms with E-state index < -0.39 is 5.91 Å². The minimum absolute atomic E-state index is 0.00801. The molecule has 0 spiro atoms. The summed E-state index contributed by atoms with van der Waals surface area (Å²) in [4.78, 5) is 29.6. The molecule has 0 aliphatic heterocycles. The van der Waals surface area contributed by atoms with Crippen LogP contribution in [0.25, 0.3) is 5.69 Å². The molecule has 2 aromatic heterocycles. The van der Waals surface area contributed by atoms with Crippen molar-refractivity contribution in [3.63, 3.8) is 0 Å². The Labute approximate surface area is 212 Å². The van der Waals surface area contributed by atoms with Gasteiger partial charge in [0, 0.05) is 17.0 Å². The number of primary amides is 1. The van der Waals surface area contributed by atoms with Crippen molar-refractivity contribution in [3.8, 4) is 11.6 Å². The molecule has 35 heavy (non-hydrogen) atoms. The second kappa shape index (κ2) is 9.62. The van der Waals surface area contributed by atoms with Gasteiger partial charge in [0.05, 0.1) is 23.1 Å². The largest absolute Gasteiger partial charge is 0.473 e. The summed E-state index contributed by atoms with van der Waals surface area (Å²) < 4.78 is 7.76. The van der Waals surface area contributed by atoms with E-state index >= 15 is 0 Å². The monoisotopic (exact) mass is 513 g/mol. The van der Waals surface area contributed by atoms with Crippen LogP contribution in [-0.4, -0.2) is 38.7 Å². The van der Waals surface area contributed by atoms with E-state index in [4.69, 9.17) is 22.1 Å². The van der Waals surface area contributed by atoms with Crippen LogP contribution in [-0.2, 0) is 0 Å². The maximum atomic E-state index is 12.9. The molecule has 5 rings (SSSR count). The zero-order valence-electron chi connectivity index (χ0n) is 19.7. The van der Waals surface area contributed by atoms with Crippen LogP contribution in [0.5, 0.6) is 5.88 Å². The normalized spacial score (nSPS) is 20.2. The second-order valence-corrected chi connectivity index (χ2v) is 11.0. The molecule has 0 unspecified atom stereocenters. The summed E-state index contributed by atoms with van der Waals surface area (Å²) in [6, 6.07) is 7.34. The van der Waals surface area contributed by atoms with E-state index in [1.165, 1.54) is 11.3 Å². The molecule has 10 heteroatoms. The number of rotatable bonds is 9. The molecule has 8 nitrogen and oxygen atoms in total. The average molecular weight is 514 g/mol. The minimum Gasteiger partial charge on any atom is -0.473 e. The predicted octanol–water partition coefficient (Wildman–Crippen LogP) is 4.63. The number of hydrogen-bond acceptors (Lipinski definition) is 6. The van der Waals surface area contributed by atoms with Crippen LogP contribution < -0.4 is 15.8 Å². The van der Waals surface area contributed by atoms with Gasteiger partial charge in [-0.05, 0) is 76.1 Å². The summed E-state index contributed by atoms with van der Waals surface area (Å²) >= 11 is 7.33. The molecule has 2 heterocycles. The first-order valence-electron chi connectivity index (χ1n) is 11.9. The Bertz CT molecular complexity index is 1240. The number of nitrogens with zero attached hydrogens (tertiary/aromatic N) is 3. The van der Waals surface area contributed by atoms with Crippen molar-refractivity contribution >= 4 is 34.8 Å². The molecule has 2 fully saturated rings. The van der Waals surface area contributed by atoms with E-state index in [-0.39, 0.29) is 18.1 Å². The standard InChI is InChI=1S/C25H28ClN5O3S/c1-13(29-23(33)20-12-28-31(14(20)2)18-7-5-17(26)6-8-18)9-15-10-19(11-15)34-24-21(22(27)32)35-25(30-24)16-3-4-16/h5-8,12-13,15-16,19H,3-4,9-11H2,1-2H3,(H2,27,32)(H,29,33)/t13-,15?,19?/m0/s1. The first-order valence-corrected chi connectivity index (χ1v) is 13.1. The van der Waals surface area contributed by atoms with Crippen LogP contribution in [0.1, 0.15) is 75.7 Å². The van der Waals surface area contributed by atoms with Gasteiger partial charge in [-0.25, -0.2) is 9.67 Å². The van der Waals surface area contributed by atoms with Crippen LogP contribution in [0, 0.1) is 12.8 Å². The molecule has 0 radical (unpaired) electrons. The number of nitrogens with two attached hydrogens (primary N) is 1. The van der Waals surface area contributed by atoms with Gasteiger partial charge < -0.3 is 15.8 Å². The number of benzene rings is 1. The number of halogens is 1. The van der Waals surface area contributed by atoms with Gasteiger partial charge in [-0.2, -0.15) is 5.10 Å². The quantitative estimate of drug-likeness (QED) is 0.433. The summed E-state index contributed by atoms with van der Waals surface area (Å²) in [5, 5.41) is 9.08. The minimum atomic E-state index is -0.480. The number of ether oxygens (including phenoxy) is 1. The zero-order chi connectivity index (χ0) is 24.7. The van der Waals surface area contributed by atoms with Crippen molar-refractivity contribution in [3.05, 3.63) is 56.6 Å². The van der Waals surface area contributed by atoms with Gasteiger partial charge in [-0.3, -0.25) is 9.59 Å². The fourth-order valence-corrected chi connectivity index (χ4v) is 5.67. The maximum Gasteiger partial charge on any atom is 0.264 e. The van der Waals surface area contributed by atoms with Crippen molar-refractivity contribution < 1.29 is 14.3 Å². The molecule has 1 atom stereocenters. The number of hydrogen-bond donors (Lipinski definition) is 2. The summed E-state index contributed by atoms with van der Waals surface area (Å²) in [7, 11) is 0. The van der Waals surface area contributed by atoms with Crippen molar-refractivity contribution in [2.75, 3.05) is 0 Å². The summed E-state index contributed by atoms with van der Waals surface area (Å²) in [5.74, 6) is 0.667. The highest BCUT2D eigenvalue weighted by Crippen LogP contribution is 2.45. The fraction of sp³-hybridized carbons (Fsp3) is 0.440. The van der Waals surface area contributed by atoms with Crippen molar-refractivity contribution in [2.45, 2.75) is 64.0 Å². The average Bonchev–Trinajstić information content (AvgIpc) is 3.44. The Hall–Kier alpha value is -2.91. The molecular formula is C25H28ClN5O3S. The third kappa shape index (κ3) is 5.21. The number of amides is 2. The lowest BCUT2D eigenvalue weighted by atomic mass is 9.78. The molecule has 2 aliphatic carbocycles. The number of thiazole rings is 1. The first-order chi connectivity index (χ1) is 16.8. The molecule has 2 amide bonds. The molecule has 184 valence electrons. The molecule has 2 saturated carbocycles. The third-order valence-corrected chi connectivity index (χ3v) is 8.09. The molecule has 1 aromatic carbocycles. The topological polar surface area (TPSA) is 112 Å². The van der Waals surface area contributed by atoms with Crippen molar-refractivity contribution in [1.29, 1.82) is 0 Å². The first kappa shape index (κ1) is 23.8. The van der Waals surface area contributed by atoms with Crippen LogP contribution in [0.2, 0.25) is 5.02 Å². The van der Waals surface area contributed by atoms with Gasteiger partial charge in [0.1, 0.15) is 11.1 Å². The molecule has 3 aromatic rings. The summed E-state index contributed by atoms with van der Waals surface area (Å²) in [5.41, 5.74) is 7.70. The van der Waals surface area contributed by atoms with Gasteiger partial charge in [-0.1, -0.05) is 11.6 Å². The van der Waals surface area contributed by atoms with E-state index in [0.717, 1.165) is 48.5 Å². The SMILES string of the molecule is Cc1c(C(=O)N[C@@H](C)CC2CC(Oc3nc(C4CC4)sc3C(N)=O)C2)cnn1-c1ccc(Cl)cc1. The molecule has 3 N–H and O–H groups in total. The summed E-state index contributed by atoms with van der Waals surface area (Å²) in [6.45, 7) is 3.89. The van der Waals surface area contributed by atoms with Gasteiger partial charge in [0.15, 0.2) is 4.88 Å².